The van der Waals surface area contributed by atoms with Gasteiger partial charge in [0.05, 0.1) is 6.10 Å². The van der Waals surface area contributed by atoms with Crippen LogP contribution in [0.5, 0.6) is 0 Å². The third kappa shape index (κ3) is 4.24. The normalized spacial score (nSPS) is 24.6. The molecular weight excluding hydrogens is 220 g/mol. The molecule has 0 aromatic carbocycles. The Labute approximate surface area is 101 Å². The molecule has 1 heterocycles. The molecule has 6 heteroatoms. The summed E-state index contributed by atoms with van der Waals surface area (Å²) < 4.78 is 0. The first-order valence-electron chi connectivity index (χ1n) is 6.01. The lowest BCUT2D eigenvalue weighted by Crippen LogP contribution is -2.47. The van der Waals surface area contributed by atoms with E-state index in [4.69, 9.17) is 5.53 Å². The van der Waals surface area contributed by atoms with Crippen molar-refractivity contribution in [2.24, 2.45) is 17.0 Å². The smallest absolute Gasteiger partial charge is 0.228 e. The lowest BCUT2D eigenvalue weighted by molar-refractivity contribution is -0.133. The van der Waals surface area contributed by atoms with E-state index in [1.807, 2.05) is 0 Å². The van der Waals surface area contributed by atoms with Gasteiger partial charge in [0.15, 0.2) is 0 Å². The summed E-state index contributed by atoms with van der Waals surface area (Å²) in [5.41, 5.74) is 8.17. The van der Waals surface area contributed by atoms with Crippen LogP contribution in [0.25, 0.3) is 10.4 Å². The molecule has 1 amide bonds. The van der Waals surface area contributed by atoms with Gasteiger partial charge in [-0.1, -0.05) is 19.0 Å². The van der Waals surface area contributed by atoms with E-state index in [0.717, 1.165) is 6.42 Å². The van der Waals surface area contributed by atoms with Gasteiger partial charge in [0.1, 0.15) is 6.54 Å². The van der Waals surface area contributed by atoms with Gasteiger partial charge in [-0.3, -0.25) is 4.79 Å². The highest BCUT2D eigenvalue weighted by Gasteiger charge is 2.30. The summed E-state index contributed by atoms with van der Waals surface area (Å²) in [7, 11) is 0. The molecule has 2 atom stereocenters. The molecule has 1 rings (SSSR count). The summed E-state index contributed by atoms with van der Waals surface area (Å²) in [6.07, 6.45) is 1.20. The minimum Gasteiger partial charge on any atom is -0.393 e. The van der Waals surface area contributed by atoms with Crippen molar-refractivity contribution in [2.45, 2.75) is 32.8 Å². The van der Waals surface area contributed by atoms with Crippen LogP contribution in [0.3, 0.4) is 0 Å². The molecule has 0 bridgehead atoms. The van der Waals surface area contributed by atoms with Gasteiger partial charge in [-0.2, -0.15) is 0 Å². The van der Waals surface area contributed by atoms with Gasteiger partial charge in [-0.25, -0.2) is 0 Å². The Balaban J connectivity index is 2.53. The minimum atomic E-state index is -0.319. The van der Waals surface area contributed by atoms with Crippen molar-refractivity contribution in [3.63, 3.8) is 0 Å². The van der Waals surface area contributed by atoms with E-state index >= 15 is 0 Å². The highest BCUT2D eigenvalue weighted by Crippen LogP contribution is 2.23. The van der Waals surface area contributed by atoms with Crippen molar-refractivity contribution in [1.82, 2.24) is 4.90 Å². The van der Waals surface area contributed by atoms with Crippen LogP contribution < -0.4 is 0 Å². The second kappa shape index (κ2) is 6.47. The monoisotopic (exact) mass is 240 g/mol. The first-order valence-corrected chi connectivity index (χ1v) is 6.01. The summed E-state index contributed by atoms with van der Waals surface area (Å²) >= 11 is 0. The van der Waals surface area contributed by atoms with E-state index in [2.05, 4.69) is 23.9 Å². The van der Waals surface area contributed by atoms with Crippen LogP contribution in [0.15, 0.2) is 5.11 Å². The Morgan fingerprint density at radius 1 is 1.65 bits per heavy atom. The lowest BCUT2D eigenvalue weighted by atomic mass is 9.87. The number of hydrogen-bond donors (Lipinski definition) is 1. The van der Waals surface area contributed by atoms with Crippen LogP contribution in [0, 0.1) is 11.8 Å². The van der Waals surface area contributed by atoms with Gasteiger partial charge in [-0.15, -0.1) is 0 Å². The zero-order valence-corrected chi connectivity index (χ0v) is 10.4. The topological polar surface area (TPSA) is 89.3 Å². The number of rotatable bonds is 4. The Kier molecular flexibility index (Phi) is 5.25. The number of carbonyl (C=O) groups is 1. The third-order valence-corrected chi connectivity index (χ3v) is 3.09. The van der Waals surface area contributed by atoms with Gasteiger partial charge < -0.3 is 10.0 Å². The van der Waals surface area contributed by atoms with Crippen LogP contribution in [-0.2, 0) is 4.79 Å². The number of carbonyl (C=O) groups excluding carboxylic acids is 1. The standard InChI is InChI=1S/C11H20N4O2/c1-8(2)5-9-7-15(4-3-10(9)16)11(17)6-13-14-12/h8-10,16H,3-7H2,1-2H3/t9-,10-/m1/s1. The predicted octanol–water partition coefficient (Wildman–Crippen LogP) is 1.55. The fourth-order valence-electron chi connectivity index (χ4n) is 2.28. The maximum absolute atomic E-state index is 11.7. The van der Waals surface area contributed by atoms with Crippen molar-refractivity contribution in [2.75, 3.05) is 19.6 Å². The first-order chi connectivity index (χ1) is 8.04. The molecule has 17 heavy (non-hydrogen) atoms. The van der Waals surface area contributed by atoms with Crippen molar-refractivity contribution >= 4 is 5.91 Å². The van der Waals surface area contributed by atoms with Gasteiger partial charge in [0.25, 0.3) is 0 Å². The van der Waals surface area contributed by atoms with Crippen LogP contribution in [0.2, 0.25) is 0 Å². The molecule has 1 fully saturated rings. The first kappa shape index (κ1) is 13.8. The third-order valence-electron chi connectivity index (χ3n) is 3.09. The zero-order valence-electron chi connectivity index (χ0n) is 10.4. The Morgan fingerprint density at radius 2 is 2.35 bits per heavy atom. The molecular formula is C11H20N4O2. The van der Waals surface area contributed by atoms with Gasteiger partial charge >= 0.3 is 0 Å². The van der Waals surface area contributed by atoms with Crippen LogP contribution in [0.1, 0.15) is 26.7 Å². The molecule has 0 radical (unpaired) electrons. The van der Waals surface area contributed by atoms with Crippen LogP contribution in [-0.4, -0.2) is 41.7 Å². The molecule has 0 aliphatic carbocycles. The summed E-state index contributed by atoms with van der Waals surface area (Å²) in [6.45, 7) is 5.20. The fourth-order valence-corrected chi connectivity index (χ4v) is 2.28. The van der Waals surface area contributed by atoms with Crippen LogP contribution in [0.4, 0.5) is 0 Å². The van der Waals surface area contributed by atoms with E-state index in [-0.39, 0.29) is 24.5 Å². The van der Waals surface area contributed by atoms with Crippen molar-refractivity contribution in [3.05, 3.63) is 10.4 Å². The molecule has 1 aliphatic heterocycles. The molecule has 0 saturated carbocycles. The molecule has 1 N–H and O–H groups in total. The average molecular weight is 240 g/mol. The second-order valence-corrected chi connectivity index (χ2v) is 4.97. The van der Waals surface area contributed by atoms with E-state index < -0.39 is 0 Å². The highest BCUT2D eigenvalue weighted by atomic mass is 16.3. The summed E-state index contributed by atoms with van der Waals surface area (Å²) in [6, 6.07) is 0. The summed E-state index contributed by atoms with van der Waals surface area (Å²) in [5.74, 6) is 0.490. The minimum absolute atomic E-state index is 0.124. The highest BCUT2D eigenvalue weighted by molar-refractivity contribution is 5.78. The Hall–Kier alpha value is -1.26. The number of azide groups is 1. The molecule has 6 nitrogen and oxygen atoms in total. The van der Waals surface area contributed by atoms with Crippen molar-refractivity contribution < 1.29 is 9.90 Å². The number of hydrogen-bond acceptors (Lipinski definition) is 3. The van der Waals surface area contributed by atoms with Crippen LogP contribution >= 0.6 is 0 Å². The molecule has 1 saturated heterocycles. The number of aliphatic hydroxyl groups is 1. The van der Waals surface area contributed by atoms with E-state index in [0.29, 0.717) is 25.4 Å². The molecule has 0 spiro atoms. The largest absolute Gasteiger partial charge is 0.393 e. The van der Waals surface area contributed by atoms with Gasteiger partial charge in [0.2, 0.25) is 5.91 Å². The molecule has 0 aromatic heterocycles. The molecule has 96 valence electrons. The van der Waals surface area contributed by atoms with E-state index in [1.54, 1.807) is 4.90 Å². The molecule has 0 aromatic rings. The number of amides is 1. The van der Waals surface area contributed by atoms with Gasteiger partial charge in [-0.05, 0) is 24.3 Å². The lowest BCUT2D eigenvalue weighted by Gasteiger charge is -2.36. The molecule has 0 unspecified atom stereocenters. The van der Waals surface area contributed by atoms with Crippen molar-refractivity contribution in [1.29, 1.82) is 0 Å². The Bertz CT molecular complexity index is 313. The summed E-state index contributed by atoms with van der Waals surface area (Å²) in [5, 5.41) is 13.2. The predicted molar refractivity (Wildman–Crippen MR) is 64.2 cm³/mol. The van der Waals surface area contributed by atoms with E-state index in [9.17, 15) is 9.90 Å². The van der Waals surface area contributed by atoms with E-state index in [1.165, 1.54) is 0 Å². The SMILES string of the molecule is CC(C)C[C@@H]1CN(C(=O)CN=[N+]=[N-])CC[C@H]1O. The quantitative estimate of drug-likeness (QED) is 0.459. The fraction of sp³-hybridized carbons (Fsp3) is 0.909. The number of aliphatic hydroxyl groups excluding tert-OH is 1. The maximum atomic E-state index is 11.7. The van der Waals surface area contributed by atoms with Crippen molar-refractivity contribution in [3.8, 4) is 0 Å². The molecule has 1 aliphatic rings. The zero-order chi connectivity index (χ0) is 12.8. The Morgan fingerprint density at radius 3 is 2.94 bits per heavy atom. The number of likely N-dealkylation sites (tertiary alicyclic amines) is 1. The number of nitrogens with zero attached hydrogens (tertiary/aromatic N) is 4. The number of piperidine rings is 1. The van der Waals surface area contributed by atoms with Gasteiger partial charge in [0, 0.05) is 23.9 Å². The maximum Gasteiger partial charge on any atom is 0.228 e. The second-order valence-electron chi connectivity index (χ2n) is 4.97. The average Bonchev–Trinajstić information content (AvgIpc) is 2.28. The summed E-state index contributed by atoms with van der Waals surface area (Å²) in [4.78, 5) is 15.9.